The van der Waals surface area contributed by atoms with Gasteiger partial charge in [-0.25, -0.2) is 0 Å². The minimum Gasteiger partial charge on any atom is -0.506 e. The van der Waals surface area contributed by atoms with Gasteiger partial charge in [0.15, 0.2) is 0 Å². The number of ketones is 1. The number of phenols is 1. The molecule has 164 valence electrons. The first-order valence-corrected chi connectivity index (χ1v) is 11.2. The molecule has 31 heavy (non-hydrogen) atoms. The fraction of sp³-hybridized carbons (Fsp3) is 0.364. The minimum absolute atomic E-state index is 0.0607. The van der Waals surface area contributed by atoms with Gasteiger partial charge in [0.1, 0.15) is 28.3 Å². The highest BCUT2D eigenvalue weighted by Gasteiger charge is 2.16. The number of hydrogen-bond donors (Lipinski definition) is 2. The summed E-state index contributed by atoms with van der Waals surface area (Å²) in [5.41, 5.74) is 8.51. The van der Waals surface area contributed by atoms with Crippen LogP contribution in [0, 0.1) is 5.92 Å². The van der Waals surface area contributed by atoms with Crippen molar-refractivity contribution < 1.29 is 19.4 Å². The molecular weight excluding hydrogens is 416 g/mol. The summed E-state index contributed by atoms with van der Waals surface area (Å²) in [6, 6.07) is 12.1. The van der Waals surface area contributed by atoms with Crippen LogP contribution >= 0.6 is 11.8 Å². The predicted molar refractivity (Wildman–Crippen MR) is 120 cm³/mol. The number of benzene rings is 2. The summed E-state index contributed by atoms with van der Waals surface area (Å²) in [5, 5.41) is 19.0. The van der Waals surface area contributed by atoms with Crippen molar-refractivity contribution in [1.82, 2.24) is 15.0 Å². The lowest BCUT2D eigenvalue weighted by atomic mass is 10.1. The molecule has 1 aromatic heterocycles. The molecule has 3 N–H and O–H groups in total. The summed E-state index contributed by atoms with van der Waals surface area (Å²) in [5.74, 6) is 0.453. The van der Waals surface area contributed by atoms with Crippen LogP contribution in [0.2, 0.25) is 0 Å². The molecule has 1 heterocycles. The molecule has 0 saturated carbocycles. The second-order valence-electron chi connectivity index (χ2n) is 7.37. The number of aromatic nitrogens is 3. The van der Waals surface area contributed by atoms with Gasteiger partial charge in [-0.1, -0.05) is 25.1 Å². The number of aromatic hydroxyl groups is 1. The van der Waals surface area contributed by atoms with Crippen molar-refractivity contribution >= 4 is 34.5 Å². The SMILES string of the molecule is CC(=O)C(N)CSCC(C)C(=O)OCCc1ccc(O)c(-n2nc3ccccc3n2)c1. The molecule has 0 spiro atoms. The largest absolute Gasteiger partial charge is 0.506 e. The molecule has 0 aliphatic rings. The van der Waals surface area contributed by atoms with E-state index >= 15 is 0 Å². The number of phenolic OH excluding ortho intramolecular Hbond substituents is 1. The number of rotatable bonds is 10. The Hall–Kier alpha value is -2.91. The quantitative estimate of drug-likeness (QED) is 0.460. The Kier molecular flexibility index (Phi) is 7.64. The molecule has 2 atom stereocenters. The van der Waals surface area contributed by atoms with Crippen molar-refractivity contribution in [2.75, 3.05) is 18.1 Å². The van der Waals surface area contributed by atoms with Gasteiger partial charge in [-0.05, 0) is 36.8 Å². The molecule has 2 aromatic carbocycles. The highest BCUT2D eigenvalue weighted by Crippen LogP contribution is 2.23. The Morgan fingerprint density at radius 3 is 2.48 bits per heavy atom. The summed E-state index contributed by atoms with van der Waals surface area (Å²) < 4.78 is 5.39. The van der Waals surface area contributed by atoms with Crippen molar-refractivity contribution in [2.24, 2.45) is 11.7 Å². The van der Waals surface area contributed by atoms with E-state index in [1.807, 2.05) is 24.3 Å². The number of thioether (sulfide) groups is 1. The molecule has 9 heteroatoms. The highest BCUT2D eigenvalue weighted by molar-refractivity contribution is 7.99. The Labute approximate surface area is 184 Å². The number of fused-ring (bicyclic) bond motifs is 1. The number of nitrogens with two attached hydrogens (primary N) is 1. The maximum atomic E-state index is 12.2. The van der Waals surface area contributed by atoms with E-state index in [0.717, 1.165) is 16.6 Å². The second kappa shape index (κ2) is 10.4. The summed E-state index contributed by atoms with van der Waals surface area (Å²) in [7, 11) is 0. The van der Waals surface area contributed by atoms with Gasteiger partial charge in [-0.3, -0.25) is 9.59 Å². The normalized spacial score (nSPS) is 13.1. The second-order valence-corrected chi connectivity index (χ2v) is 8.45. The molecule has 2 unspecified atom stereocenters. The molecule has 0 radical (unpaired) electrons. The smallest absolute Gasteiger partial charge is 0.309 e. The molecule has 0 saturated heterocycles. The van der Waals surface area contributed by atoms with Crippen LogP contribution in [0.1, 0.15) is 19.4 Å². The zero-order valence-electron chi connectivity index (χ0n) is 17.5. The van der Waals surface area contributed by atoms with E-state index < -0.39 is 6.04 Å². The Morgan fingerprint density at radius 1 is 1.16 bits per heavy atom. The zero-order valence-corrected chi connectivity index (χ0v) is 18.3. The third-order valence-electron chi connectivity index (χ3n) is 4.77. The average molecular weight is 443 g/mol. The molecule has 0 amide bonds. The third kappa shape index (κ3) is 6.05. The lowest BCUT2D eigenvalue weighted by Gasteiger charge is -2.13. The van der Waals surface area contributed by atoms with Gasteiger partial charge in [0.25, 0.3) is 0 Å². The standard InChI is InChI=1S/C22H26N4O4S/c1-14(12-31-13-17(23)15(2)27)22(29)30-10-9-16-7-8-21(28)20(11-16)26-24-18-5-3-4-6-19(18)25-26/h3-8,11,14,17,28H,9-10,12-13,23H2,1-2H3. The zero-order chi connectivity index (χ0) is 22.4. The molecule has 0 fully saturated rings. The molecule has 8 nitrogen and oxygen atoms in total. The van der Waals surface area contributed by atoms with E-state index in [1.54, 1.807) is 25.1 Å². The van der Waals surface area contributed by atoms with Crippen molar-refractivity contribution in [1.29, 1.82) is 0 Å². The fourth-order valence-corrected chi connectivity index (χ4v) is 3.94. The first kappa shape index (κ1) is 22.8. The first-order chi connectivity index (χ1) is 14.8. The van der Waals surface area contributed by atoms with Crippen LogP contribution in [-0.2, 0) is 20.7 Å². The minimum atomic E-state index is -0.501. The topological polar surface area (TPSA) is 120 Å². The van der Waals surface area contributed by atoms with Crippen LogP contribution in [0.3, 0.4) is 0 Å². The van der Waals surface area contributed by atoms with Crippen molar-refractivity contribution in [3.05, 3.63) is 48.0 Å². The van der Waals surface area contributed by atoms with Crippen LogP contribution in [0.4, 0.5) is 0 Å². The fourth-order valence-electron chi connectivity index (χ4n) is 2.82. The van der Waals surface area contributed by atoms with Crippen molar-refractivity contribution in [3.63, 3.8) is 0 Å². The van der Waals surface area contributed by atoms with Crippen molar-refractivity contribution in [3.8, 4) is 11.4 Å². The van der Waals surface area contributed by atoms with Crippen LogP contribution in [-0.4, -0.2) is 56.0 Å². The Balaban J connectivity index is 1.53. The van der Waals surface area contributed by atoms with Crippen molar-refractivity contribution in [2.45, 2.75) is 26.3 Å². The molecule has 3 aromatic rings. The van der Waals surface area contributed by atoms with E-state index in [2.05, 4.69) is 10.2 Å². The summed E-state index contributed by atoms with van der Waals surface area (Å²) in [6.45, 7) is 3.48. The van der Waals surface area contributed by atoms with Crippen LogP contribution in [0.5, 0.6) is 5.75 Å². The highest BCUT2D eigenvalue weighted by atomic mass is 32.2. The van der Waals surface area contributed by atoms with E-state index in [4.69, 9.17) is 10.5 Å². The number of esters is 1. The van der Waals surface area contributed by atoms with E-state index in [9.17, 15) is 14.7 Å². The Bertz CT molecular complexity index is 1040. The molecule has 0 aliphatic carbocycles. The lowest BCUT2D eigenvalue weighted by molar-refractivity contribution is -0.147. The predicted octanol–water partition coefficient (Wildman–Crippen LogP) is 2.50. The van der Waals surface area contributed by atoms with Gasteiger partial charge < -0.3 is 15.6 Å². The van der Waals surface area contributed by atoms with Gasteiger partial charge in [0.05, 0.1) is 18.6 Å². The van der Waals surface area contributed by atoms with E-state index in [-0.39, 0.29) is 30.0 Å². The molecular formula is C22H26N4O4S. The average Bonchev–Trinajstić information content (AvgIpc) is 3.18. The van der Waals surface area contributed by atoms with Gasteiger partial charge in [0.2, 0.25) is 0 Å². The number of carbonyl (C=O) groups excluding carboxylic acids is 2. The lowest BCUT2D eigenvalue weighted by Crippen LogP contribution is -2.31. The van der Waals surface area contributed by atoms with E-state index in [1.165, 1.54) is 23.5 Å². The maximum Gasteiger partial charge on any atom is 0.309 e. The summed E-state index contributed by atoms with van der Waals surface area (Å²) in [4.78, 5) is 24.7. The number of carbonyl (C=O) groups is 2. The van der Waals surface area contributed by atoms with Crippen LogP contribution in [0.25, 0.3) is 16.7 Å². The first-order valence-electron chi connectivity index (χ1n) is 10.00. The summed E-state index contributed by atoms with van der Waals surface area (Å²) >= 11 is 1.47. The van der Waals surface area contributed by atoms with E-state index in [0.29, 0.717) is 23.6 Å². The monoisotopic (exact) mass is 442 g/mol. The van der Waals surface area contributed by atoms with Gasteiger partial charge in [0, 0.05) is 17.9 Å². The number of ether oxygens (including phenoxy) is 1. The number of nitrogens with zero attached hydrogens (tertiary/aromatic N) is 3. The van der Waals surface area contributed by atoms with Crippen LogP contribution < -0.4 is 5.73 Å². The number of Topliss-reactive ketones (excluding diaryl/α,β-unsaturated/α-hetero) is 1. The summed E-state index contributed by atoms with van der Waals surface area (Å²) in [6.07, 6.45) is 0.495. The van der Waals surface area contributed by atoms with Gasteiger partial charge in [-0.15, -0.1) is 15.0 Å². The van der Waals surface area contributed by atoms with Gasteiger partial charge in [-0.2, -0.15) is 11.8 Å². The number of hydrogen-bond acceptors (Lipinski definition) is 8. The van der Waals surface area contributed by atoms with Gasteiger partial charge >= 0.3 is 5.97 Å². The molecule has 0 bridgehead atoms. The van der Waals surface area contributed by atoms with Crippen LogP contribution in [0.15, 0.2) is 42.5 Å². The molecule has 3 rings (SSSR count). The third-order valence-corrected chi connectivity index (χ3v) is 6.10. The maximum absolute atomic E-state index is 12.2. The Morgan fingerprint density at radius 2 is 1.84 bits per heavy atom. The molecule has 0 aliphatic heterocycles.